The highest BCUT2D eigenvalue weighted by atomic mass is 16.5. The van der Waals surface area contributed by atoms with Crippen molar-refractivity contribution in [3.63, 3.8) is 0 Å². The van der Waals surface area contributed by atoms with Gasteiger partial charge in [0.05, 0.1) is 26.4 Å². The maximum Gasteiger partial charge on any atom is 0.118 e. The zero-order valence-electron chi connectivity index (χ0n) is 14.1. The molecule has 1 heterocycles. The molecule has 0 radical (unpaired) electrons. The van der Waals surface area contributed by atoms with Gasteiger partial charge in [-0.05, 0) is 23.3 Å². The van der Waals surface area contributed by atoms with Gasteiger partial charge in [-0.1, -0.05) is 42.5 Å². The van der Waals surface area contributed by atoms with Crippen LogP contribution in [0.3, 0.4) is 0 Å². The zero-order chi connectivity index (χ0) is 16.8. The second-order valence-electron chi connectivity index (χ2n) is 6.15. The molecule has 24 heavy (non-hydrogen) atoms. The molecule has 0 aliphatic carbocycles. The molecule has 0 spiro atoms. The van der Waals surface area contributed by atoms with Crippen LogP contribution in [0, 0.1) is 0 Å². The Bertz CT molecular complexity index is 609. The monoisotopic (exact) mass is 327 g/mol. The first-order valence-corrected chi connectivity index (χ1v) is 8.45. The third-order valence-electron chi connectivity index (χ3n) is 4.62. The zero-order valence-corrected chi connectivity index (χ0v) is 14.1. The van der Waals surface area contributed by atoms with Crippen molar-refractivity contribution >= 4 is 0 Å². The molecule has 1 fully saturated rings. The summed E-state index contributed by atoms with van der Waals surface area (Å²) >= 11 is 0. The van der Waals surface area contributed by atoms with Crippen LogP contribution in [0.2, 0.25) is 0 Å². The van der Waals surface area contributed by atoms with E-state index in [4.69, 9.17) is 9.47 Å². The van der Waals surface area contributed by atoms with Gasteiger partial charge in [0, 0.05) is 25.6 Å². The summed E-state index contributed by atoms with van der Waals surface area (Å²) in [6.07, 6.45) is -0.554. The van der Waals surface area contributed by atoms with Crippen LogP contribution in [0.25, 0.3) is 0 Å². The lowest BCUT2D eigenvalue weighted by atomic mass is 9.88. The number of morpholine rings is 1. The lowest BCUT2D eigenvalue weighted by Gasteiger charge is -2.33. The summed E-state index contributed by atoms with van der Waals surface area (Å²) < 4.78 is 10.7. The number of methoxy groups -OCH3 is 1. The first-order valence-electron chi connectivity index (χ1n) is 8.45. The van der Waals surface area contributed by atoms with Crippen LogP contribution in [-0.4, -0.2) is 50.0 Å². The lowest BCUT2D eigenvalue weighted by Crippen LogP contribution is -2.39. The first-order chi connectivity index (χ1) is 11.8. The van der Waals surface area contributed by atoms with Gasteiger partial charge in [0.25, 0.3) is 0 Å². The molecule has 1 aliphatic rings. The van der Waals surface area contributed by atoms with Gasteiger partial charge < -0.3 is 14.6 Å². The number of ether oxygens (including phenoxy) is 2. The lowest BCUT2D eigenvalue weighted by molar-refractivity contribution is 0.0240. The Morgan fingerprint density at radius 3 is 2.29 bits per heavy atom. The number of rotatable bonds is 6. The third-order valence-corrected chi connectivity index (χ3v) is 4.62. The van der Waals surface area contributed by atoms with E-state index in [9.17, 15) is 5.11 Å². The summed E-state index contributed by atoms with van der Waals surface area (Å²) in [6.45, 7) is 4.18. The second-order valence-corrected chi connectivity index (χ2v) is 6.15. The Balaban J connectivity index is 1.82. The molecule has 2 aromatic rings. The summed E-state index contributed by atoms with van der Waals surface area (Å²) in [7, 11) is 1.65. The number of aliphatic hydroxyl groups excluding tert-OH is 1. The fourth-order valence-electron chi connectivity index (χ4n) is 3.18. The quantitative estimate of drug-likeness (QED) is 0.886. The van der Waals surface area contributed by atoms with E-state index >= 15 is 0 Å². The number of nitrogens with zero attached hydrogens (tertiary/aromatic N) is 1. The van der Waals surface area contributed by atoms with Crippen molar-refractivity contribution in [3.05, 3.63) is 65.7 Å². The van der Waals surface area contributed by atoms with E-state index in [0.29, 0.717) is 0 Å². The van der Waals surface area contributed by atoms with E-state index < -0.39 is 6.10 Å². The van der Waals surface area contributed by atoms with Crippen LogP contribution in [0.5, 0.6) is 5.75 Å². The smallest absolute Gasteiger partial charge is 0.118 e. The first kappa shape index (κ1) is 17.0. The van der Waals surface area contributed by atoms with Gasteiger partial charge in [-0.25, -0.2) is 0 Å². The number of aliphatic hydroxyl groups is 1. The minimum absolute atomic E-state index is 0.0256. The van der Waals surface area contributed by atoms with Crippen LogP contribution < -0.4 is 4.74 Å². The average Bonchev–Trinajstić information content (AvgIpc) is 2.67. The fourth-order valence-corrected chi connectivity index (χ4v) is 3.18. The van der Waals surface area contributed by atoms with Crippen LogP contribution in [-0.2, 0) is 4.74 Å². The van der Waals surface area contributed by atoms with Crippen molar-refractivity contribution in [1.29, 1.82) is 0 Å². The molecular weight excluding hydrogens is 302 g/mol. The van der Waals surface area contributed by atoms with Crippen LogP contribution in [0.1, 0.15) is 23.1 Å². The minimum atomic E-state index is -0.554. The number of hydrogen-bond acceptors (Lipinski definition) is 4. The van der Waals surface area contributed by atoms with Gasteiger partial charge in [0.1, 0.15) is 5.75 Å². The molecule has 0 bridgehead atoms. The Hall–Kier alpha value is -1.88. The molecule has 2 aromatic carbocycles. The van der Waals surface area contributed by atoms with E-state index in [1.807, 2.05) is 42.5 Å². The van der Waals surface area contributed by atoms with Crippen LogP contribution in [0.4, 0.5) is 0 Å². The molecule has 0 saturated carbocycles. The molecule has 1 aliphatic heterocycles. The molecule has 2 atom stereocenters. The fraction of sp³-hybridized carbons (Fsp3) is 0.400. The van der Waals surface area contributed by atoms with E-state index in [0.717, 1.165) is 49.7 Å². The third kappa shape index (κ3) is 4.15. The average molecular weight is 327 g/mol. The van der Waals surface area contributed by atoms with Gasteiger partial charge in [-0.2, -0.15) is 0 Å². The Morgan fingerprint density at radius 1 is 1.00 bits per heavy atom. The van der Waals surface area contributed by atoms with Crippen molar-refractivity contribution < 1.29 is 14.6 Å². The molecule has 0 aromatic heterocycles. The minimum Gasteiger partial charge on any atom is -0.497 e. The van der Waals surface area contributed by atoms with Crippen molar-refractivity contribution in [2.24, 2.45) is 0 Å². The predicted molar refractivity (Wildman–Crippen MR) is 94.4 cm³/mol. The number of benzene rings is 2. The highest BCUT2D eigenvalue weighted by Crippen LogP contribution is 2.32. The maximum absolute atomic E-state index is 11.0. The highest BCUT2D eigenvalue weighted by Gasteiger charge is 2.26. The summed E-state index contributed by atoms with van der Waals surface area (Å²) in [5.74, 6) is 0.827. The molecule has 4 nitrogen and oxygen atoms in total. The van der Waals surface area contributed by atoms with Gasteiger partial charge in [-0.3, -0.25) is 4.90 Å². The SMILES string of the molecule is COc1ccc([C@H](O)[C@@H](CN2CCOCC2)c2ccccc2)cc1. The van der Waals surface area contributed by atoms with E-state index in [1.54, 1.807) is 7.11 Å². The van der Waals surface area contributed by atoms with E-state index in [1.165, 1.54) is 0 Å². The molecule has 1 saturated heterocycles. The van der Waals surface area contributed by atoms with Gasteiger partial charge in [0.15, 0.2) is 0 Å². The van der Waals surface area contributed by atoms with Crippen molar-refractivity contribution in [2.45, 2.75) is 12.0 Å². The Kier molecular flexibility index (Phi) is 5.86. The molecule has 128 valence electrons. The summed E-state index contributed by atoms with van der Waals surface area (Å²) in [6, 6.07) is 17.9. The van der Waals surface area contributed by atoms with Gasteiger partial charge >= 0.3 is 0 Å². The maximum atomic E-state index is 11.0. The largest absolute Gasteiger partial charge is 0.497 e. The Labute approximate surface area is 143 Å². The van der Waals surface area contributed by atoms with Crippen molar-refractivity contribution in [3.8, 4) is 5.75 Å². The summed E-state index contributed by atoms with van der Waals surface area (Å²) in [4.78, 5) is 2.37. The second kappa shape index (κ2) is 8.29. The topological polar surface area (TPSA) is 41.9 Å². The highest BCUT2D eigenvalue weighted by molar-refractivity contribution is 5.32. The van der Waals surface area contributed by atoms with Crippen LogP contribution in [0.15, 0.2) is 54.6 Å². The molecular formula is C20H25NO3. The van der Waals surface area contributed by atoms with Crippen molar-refractivity contribution in [1.82, 2.24) is 4.90 Å². The Morgan fingerprint density at radius 2 is 1.67 bits per heavy atom. The van der Waals surface area contributed by atoms with Crippen molar-refractivity contribution in [2.75, 3.05) is 40.0 Å². The summed E-state index contributed by atoms with van der Waals surface area (Å²) in [5.41, 5.74) is 2.07. The molecule has 0 unspecified atom stereocenters. The van der Waals surface area contributed by atoms with E-state index in [2.05, 4.69) is 17.0 Å². The molecule has 3 rings (SSSR count). The van der Waals surface area contributed by atoms with Gasteiger partial charge in [0.2, 0.25) is 0 Å². The van der Waals surface area contributed by atoms with Crippen LogP contribution >= 0.6 is 0 Å². The normalized spacial score (nSPS) is 18.1. The molecule has 0 amide bonds. The van der Waals surface area contributed by atoms with Gasteiger partial charge in [-0.15, -0.1) is 0 Å². The van der Waals surface area contributed by atoms with E-state index in [-0.39, 0.29) is 5.92 Å². The molecule has 4 heteroatoms. The predicted octanol–water partition coefficient (Wildman–Crippen LogP) is 2.84. The molecule has 1 N–H and O–H groups in total. The standard InChI is InChI=1S/C20H25NO3/c1-23-18-9-7-17(8-10-18)20(22)19(16-5-3-2-4-6-16)15-21-11-13-24-14-12-21/h2-10,19-20,22H,11-15H2,1H3/t19-,20-/m0/s1. The number of hydrogen-bond donors (Lipinski definition) is 1. The summed E-state index contributed by atoms with van der Waals surface area (Å²) in [5, 5.41) is 11.0.